The van der Waals surface area contributed by atoms with Gasteiger partial charge in [-0.3, -0.25) is 4.98 Å². The third-order valence-electron chi connectivity index (χ3n) is 2.36. The number of nitrogens with two attached hydrogens (primary N) is 1. The fourth-order valence-corrected chi connectivity index (χ4v) is 1.52. The summed E-state index contributed by atoms with van der Waals surface area (Å²) in [6.45, 7) is 0. The van der Waals surface area contributed by atoms with Crippen molar-refractivity contribution >= 4 is 5.69 Å². The lowest BCUT2D eigenvalue weighted by Gasteiger charge is -2.05. The molecule has 0 atom stereocenters. The van der Waals surface area contributed by atoms with Crippen LogP contribution in [0, 0.1) is 11.3 Å². The highest BCUT2D eigenvalue weighted by molar-refractivity contribution is 5.67. The predicted octanol–water partition coefficient (Wildman–Crippen LogP) is 2.40. The second-order valence-electron chi connectivity index (χ2n) is 3.46. The van der Waals surface area contributed by atoms with E-state index in [2.05, 4.69) is 4.98 Å². The van der Waals surface area contributed by atoms with Crippen LogP contribution >= 0.6 is 0 Å². The quantitative estimate of drug-likeness (QED) is 0.826. The standard InChI is InChI=1S/C13H11N3/c14-7-6-13-12(15)8-11(9-16-13)10-4-2-1-3-5-10/h1-5,8-9H,6,15H2. The minimum Gasteiger partial charge on any atom is -0.397 e. The van der Waals surface area contributed by atoms with Crippen LogP contribution < -0.4 is 5.73 Å². The number of hydrogen-bond acceptors (Lipinski definition) is 3. The molecule has 1 heterocycles. The summed E-state index contributed by atoms with van der Waals surface area (Å²) >= 11 is 0. The van der Waals surface area contributed by atoms with Crippen LogP contribution in [0.4, 0.5) is 5.69 Å². The topological polar surface area (TPSA) is 62.7 Å². The van der Waals surface area contributed by atoms with Crippen LogP contribution in [-0.2, 0) is 6.42 Å². The number of nitriles is 1. The number of hydrogen-bond donors (Lipinski definition) is 1. The molecule has 1 aromatic heterocycles. The van der Waals surface area contributed by atoms with E-state index in [9.17, 15) is 0 Å². The van der Waals surface area contributed by atoms with E-state index in [0.29, 0.717) is 11.4 Å². The minimum absolute atomic E-state index is 0.251. The van der Waals surface area contributed by atoms with Gasteiger partial charge in [-0.15, -0.1) is 0 Å². The Morgan fingerprint density at radius 1 is 1.19 bits per heavy atom. The van der Waals surface area contributed by atoms with Crippen LogP contribution in [0.1, 0.15) is 5.69 Å². The minimum atomic E-state index is 0.251. The molecule has 16 heavy (non-hydrogen) atoms. The van der Waals surface area contributed by atoms with E-state index in [4.69, 9.17) is 11.0 Å². The molecule has 78 valence electrons. The van der Waals surface area contributed by atoms with Crippen molar-refractivity contribution in [2.45, 2.75) is 6.42 Å². The lowest BCUT2D eigenvalue weighted by molar-refractivity contribution is 1.12. The summed E-state index contributed by atoms with van der Waals surface area (Å²) in [7, 11) is 0. The van der Waals surface area contributed by atoms with Crippen molar-refractivity contribution in [1.29, 1.82) is 5.26 Å². The Bertz CT molecular complexity index is 527. The zero-order chi connectivity index (χ0) is 11.4. The number of pyridine rings is 1. The van der Waals surface area contributed by atoms with Crippen molar-refractivity contribution in [2.24, 2.45) is 0 Å². The summed E-state index contributed by atoms with van der Waals surface area (Å²) in [5.74, 6) is 0. The van der Waals surface area contributed by atoms with Crippen LogP contribution in [-0.4, -0.2) is 4.98 Å². The van der Waals surface area contributed by atoms with Crippen LogP contribution in [0.3, 0.4) is 0 Å². The lowest BCUT2D eigenvalue weighted by atomic mass is 10.1. The molecule has 3 heteroatoms. The SMILES string of the molecule is N#CCc1ncc(-c2ccccc2)cc1N. The average Bonchev–Trinajstić information content (AvgIpc) is 2.33. The fourth-order valence-electron chi connectivity index (χ4n) is 1.52. The smallest absolute Gasteiger partial charge is 0.0795 e. The van der Waals surface area contributed by atoms with Crippen LogP contribution in [0.5, 0.6) is 0 Å². The van der Waals surface area contributed by atoms with Gasteiger partial charge in [0.05, 0.1) is 23.9 Å². The Morgan fingerprint density at radius 3 is 2.56 bits per heavy atom. The molecule has 2 rings (SSSR count). The molecule has 2 aromatic rings. The normalized spacial score (nSPS) is 9.69. The molecular formula is C13H11N3. The van der Waals surface area contributed by atoms with Crippen LogP contribution in [0.25, 0.3) is 11.1 Å². The maximum absolute atomic E-state index is 8.58. The van der Waals surface area contributed by atoms with Crippen molar-refractivity contribution in [2.75, 3.05) is 5.73 Å². The molecule has 0 unspecified atom stereocenters. The first kappa shape index (κ1) is 10.2. The van der Waals surface area contributed by atoms with Crippen LogP contribution in [0.15, 0.2) is 42.6 Å². The molecule has 3 nitrogen and oxygen atoms in total. The Hall–Kier alpha value is -2.34. The Morgan fingerprint density at radius 2 is 1.94 bits per heavy atom. The van der Waals surface area contributed by atoms with Gasteiger partial charge in [0.15, 0.2) is 0 Å². The van der Waals surface area contributed by atoms with Crippen LogP contribution in [0.2, 0.25) is 0 Å². The lowest BCUT2D eigenvalue weighted by Crippen LogP contribution is -1.97. The molecule has 0 aliphatic rings. The second-order valence-corrected chi connectivity index (χ2v) is 3.46. The maximum Gasteiger partial charge on any atom is 0.0795 e. The number of nitrogens with zero attached hydrogens (tertiary/aromatic N) is 2. The van der Waals surface area contributed by atoms with E-state index in [1.165, 1.54) is 0 Å². The van der Waals surface area contributed by atoms with Gasteiger partial charge in [-0.25, -0.2) is 0 Å². The highest BCUT2D eigenvalue weighted by Gasteiger charge is 2.03. The third-order valence-corrected chi connectivity index (χ3v) is 2.36. The molecule has 0 spiro atoms. The number of rotatable bonds is 2. The van der Waals surface area contributed by atoms with Gasteiger partial charge < -0.3 is 5.73 Å². The molecular weight excluding hydrogens is 198 g/mol. The van der Waals surface area contributed by atoms with Crippen molar-refractivity contribution in [1.82, 2.24) is 4.98 Å². The molecule has 0 aliphatic heterocycles. The zero-order valence-electron chi connectivity index (χ0n) is 8.72. The number of benzene rings is 1. The highest BCUT2D eigenvalue weighted by atomic mass is 14.7. The molecule has 2 N–H and O–H groups in total. The van der Waals surface area contributed by atoms with Crippen molar-refractivity contribution < 1.29 is 0 Å². The van der Waals surface area contributed by atoms with Gasteiger partial charge >= 0.3 is 0 Å². The van der Waals surface area contributed by atoms with Gasteiger partial charge in [0.1, 0.15) is 0 Å². The van der Waals surface area contributed by atoms with E-state index < -0.39 is 0 Å². The summed E-state index contributed by atoms with van der Waals surface area (Å²) in [5, 5.41) is 8.58. The maximum atomic E-state index is 8.58. The molecule has 0 saturated carbocycles. The molecule has 0 aliphatic carbocycles. The number of nitrogen functional groups attached to an aromatic ring is 1. The summed E-state index contributed by atoms with van der Waals surface area (Å²) in [6, 6.07) is 13.8. The van der Waals surface area contributed by atoms with E-state index >= 15 is 0 Å². The Labute approximate surface area is 94.2 Å². The average molecular weight is 209 g/mol. The fraction of sp³-hybridized carbons (Fsp3) is 0.0769. The molecule has 0 saturated heterocycles. The molecule has 0 amide bonds. The molecule has 0 fully saturated rings. The number of anilines is 1. The number of aromatic nitrogens is 1. The summed E-state index contributed by atoms with van der Waals surface area (Å²) in [6.07, 6.45) is 2.00. The van der Waals surface area contributed by atoms with E-state index in [1.54, 1.807) is 6.20 Å². The molecule has 0 radical (unpaired) electrons. The third kappa shape index (κ3) is 2.01. The van der Waals surface area contributed by atoms with Gasteiger partial charge in [0.2, 0.25) is 0 Å². The Kier molecular flexibility index (Phi) is 2.84. The largest absolute Gasteiger partial charge is 0.397 e. The molecule has 1 aromatic carbocycles. The predicted molar refractivity (Wildman–Crippen MR) is 63.4 cm³/mol. The monoisotopic (exact) mass is 209 g/mol. The Balaban J connectivity index is 2.39. The first-order valence-corrected chi connectivity index (χ1v) is 4.98. The zero-order valence-corrected chi connectivity index (χ0v) is 8.72. The van der Waals surface area contributed by atoms with E-state index in [-0.39, 0.29) is 6.42 Å². The first-order valence-electron chi connectivity index (χ1n) is 4.98. The summed E-state index contributed by atoms with van der Waals surface area (Å²) in [4.78, 5) is 4.20. The van der Waals surface area contributed by atoms with Gasteiger partial charge in [0.25, 0.3) is 0 Å². The van der Waals surface area contributed by atoms with E-state index in [0.717, 1.165) is 11.1 Å². The van der Waals surface area contributed by atoms with Gasteiger partial charge in [-0.2, -0.15) is 5.26 Å². The van der Waals surface area contributed by atoms with Gasteiger partial charge in [-0.05, 0) is 11.6 Å². The van der Waals surface area contributed by atoms with Gasteiger partial charge in [0, 0.05) is 11.8 Å². The molecule has 0 bridgehead atoms. The first-order chi connectivity index (χ1) is 7.81. The summed E-state index contributed by atoms with van der Waals surface area (Å²) in [5.41, 5.74) is 9.09. The van der Waals surface area contributed by atoms with Crippen molar-refractivity contribution in [3.05, 3.63) is 48.3 Å². The summed E-state index contributed by atoms with van der Waals surface area (Å²) < 4.78 is 0. The van der Waals surface area contributed by atoms with E-state index in [1.807, 2.05) is 42.5 Å². The second kappa shape index (κ2) is 4.45. The van der Waals surface area contributed by atoms with Crippen molar-refractivity contribution in [3.63, 3.8) is 0 Å². The highest BCUT2D eigenvalue weighted by Crippen LogP contribution is 2.21. The van der Waals surface area contributed by atoms with Gasteiger partial charge in [-0.1, -0.05) is 30.3 Å². The van der Waals surface area contributed by atoms with Crippen molar-refractivity contribution in [3.8, 4) is 17.2 Å².